The molecule has 3 aliphatic heterocycles. The number of amides is 1. The first-order valence-corrected chi connectivity index (χ1v) is 37.7. The normalized spacial score (nSPS) is 27.6. The maximum Gasteiger partial charge on any atom is 0.220 e. The maximum atomic E-state index is 13.4. The zero-order valence-corrected chi connectivity index (χ0v) is 58.6. The third-order valence-electron chi connectivity index (χ3n) is 18.5. The molecule has 3 saturated heterocycles. The van der Waals surface area contributed by atoms with Crippen LogP contribution in [0.3, 0.4) is 0 Å². The number of hydrogen-bond acceptors (Lipinski definition) is 18. The summed E-state index contributed by atoms with van der Waals surface area (Å²) < 4.78 is 34.4. The fourth-order valence-electron chi connectivity index (χ4n) is 12.5. The number of carbonyl (C=O) groups excluding carboxylic acids is 1. The molecule has 0 saturated carbocycles. The van der Waals surface area contributed by atoms with Gasteiger partial charge in [-0.05, 0) is 64.2 Å². The van der Waals surface area contributed by atoms with Crippen LogP contribution in [-0.4, -0.2) is 193 Å². The van der Waals surface area contributed by atoms with Crippen molar-refractivity contribution in [3.8, 4) is 0 Å². The van der Waals surface area contributed by atoms with Crippen LogP contribution in [0.2, 0.25) is 0 Å². The summed E-state index contributed by atoms with van der Waals surface area (Å²) in [5.74, 6) is -0.284. The molecule has 0 aromatic rings. The third-order valence-corrected chi connectivity index (χ3v) is 18.5. The lowest BCUT2D eigenvalue weighted by Crippen LogP contribution is -2.66. The second-order valence-corrected chi connectivity index (χ2v) is 26.7. The number of aliphatic hydroxyl groups is 11. The molecule has 19 nitrogen and oxygen atoms in total. The molecule has 19 heteroatoms. The highest BCUT2D eigenvalue weighted by molar-refractivity contribution is 5.76. The fraction of sp³-hybridized carbons (Fsp3) is 0.829. The Hall–Kier alpha value is -2.77. The van der Waals surface area contributed by atoms with Crippen LogP contribution < -0.4 is 5.32 Å². The lowest BCUT2D eigenvalue weighted by molar-refractivity contribution is -0.379. The van der Waals surface area contributed by atoms with Crippen molar-refractivity contribution < 1.29 is 89.4 Å². The van der Waals surface area contributed by atoms with E-state index in [1.54, 1.807) is 0 Å². The van der Waals surface area contributed by atoms with Gasteiger partial charge in [0.25, 0.3) is 0 Å². The predicted octanol–water partition coefficient (Wildman–Crippen LogP) is 11.3. The molecule has 552 valence electrons. The molecule has 0 aromatic heterocycles. The van der Waals surface area contributed by atoms with Crippen LogP contribution in [-0.2, 0) is 33.2 Å². The van der Waals surface area contributed by atoms with Crippen LogP contribution in [0.4, 0.5) is 0 Å². The largest absolute Gasteiger partial charge is 0.394 e. The molecule has 0 radical (unpaired) electrons. The summed E-state index contributed by atoms with van der Waals surface area (Å²) in [6, 6.07) is -0.917. The van der Waals surface area contributed by atoms with Gasteiger partial charge in [-0.1, -0.05) is 273 Å². The molecule has 0 aliphatic carbocycles. The van der Waals surface area contributed by atoms with E-state index in [2.05, 4.69) is 92.1 Å². The van der Waals surface area contributed by atoms with E-state index in [1.807, 2.05) is 0 Å². The van der Waals surface area contributed by atoms with Gasteiger partial charge in [0, 0.05) is 6.42 Å². The highest BCUT2D eigenvalue weighted by Crippen LogP contribution is 2.33. The van der Waals surface area contributed by atoms with Crippen molar-refractivity contribution in [2.75, 3.05) is 26.4 Å². The molecule has 3 rings (SSSR count). The number of aliphatic hydroxyl groups excluding tert-OH is 11. The first-order valence-electron chi connectivity index (χ1n) is 37.7. The second-order valence-electron chi connectivity index (χ2n) is 26.7. The van der Waals surface area contributed by atoms with Gasteiger partial charge in [-0.15, -0.1) is 0 Å². The van der Waals surface area contributed by atoms with E-state index in [1.165, 1.54) is 161 Å². The van der Waals surface area contributed by atoms with Crippen LogP contribution in [0, 0.1) is 0 Å². The Kier molecular flexibility index (Phi) is 51.8. The van der Waals surface area contributed by atoms with Gasteiger partial charge in [-0.2, -0.15) is 0 Å². The quantitative estimate of drug-likeness (QED) is 0.0199. The van der Waals surface area contributed by atoms with Crippen LogP contribution in [0.5, 0.6) is 0 Å². The lowest BCUT2D eigenvalue weighted by Gasteiger charge is -2.48. The Balaban J connectivity index is 1.41. The number of allylic oxidation sites excluding steroid dienone is 12. The molecule has 17 atom stereocenters. The van der Waals surface area contributed by atoms with Crippen LogP contribution in [0.15, 0.2) is 72.9 Å². The Labute approximate surface area is 572 Å². The van der Waals surface area contributed by atoms with Gasteiger partial charge >= 0.3 is 0 Å². The Morgan fingerprint density at radius 2 is 0.726 bits per heavy atom. The molecule has 1 amide bonds. The standard InChI is InChI=1S/C76H135NO18/c1-3-5-7-9-11-13-15-17-19-21-23-25-26-27-28-29-30-31-32-34-35-37-39-41-43-45-47-49-51-53-60(81)59(77-64(82)54-52-50-48-46-44-42-40-38-36-33-24-22-20-18-16-14-12-10-8-6-4-2)58-90-74-70(88)67(85)72(62(56-79)92-74)95-76-71(89)68(86)73(63(57-80)93-76)94-75-69(87)66(84)65(83)61(55-78)91-75/h6,8,12,14,18,20,24,33,38,40,44,46,59-63,65-76,78-81,83-89H,3-5,7,9-11,13,15-17,19,21-23,25-32,34-37,39,41-43,45,47-58H2,1-2H3,(H,77,82)/b8-6-,14-12-,20-18-,33-24-,40-38-,46-44-. The van der Waals surface area contributed by atoms with E-state index in [4.69, 9.17) is 28.4 Å². The van der Waals surface area contributed by atoms with Crippen molar-refractivity contribution in [2.24, 2.45) is 0 Å². The Morgan fingerprint density at radius 3 is 1.12 bits per heavy atom. The summed E-state index contributed by atoms with van der Waals surface area (Å²) in [5, 5.41) is 121. The Morgan fingerprint density at radius 1 is 0.389 bits per heavy atom. The molecule has 3 heterocycles. The van der Waals surface area contributed by atoms with E-state index in [9.17, 15) is 61.0 Å². The third kappa shape index (κ3) is 38.0. The Bertz CT molecular complexity index is 2000. The van der Waals surface area contributed by atoms with Crippen molar-refractivity contribution in [3.05, 3.63) is 72.9 Å². The summed E-state index contributed by atoms with van der Waals surface area (Å²) >= 11 is 0. The van der Waals surface area contributed by atoms with E-state index in [0.717, 1.165) is 70.6 Å². The minimum atomic E-state index is -1.98. The first kappa shape index (κ1) is 86.5. The molecular formula is C76H135NO18. The molecule has 12 N–H and O–H groups in total. The van der Waals surface area contributed by atoms with Gasteiger partial charge in [0.2, 0.25) is 5.91 Å². The topological polar surface area (TPSA) is 307 Å². The zero-order valence-electron chi connectivity index (χ0n) is 58.6. The van der Waals surface area contributed by atoms with E-state index in [-0.39, 0.29) is 18.9 Å². The van der Waals surface area contributed by atoms with Gasteiger partial charge in [0.05, 0.1) is 38.6 Å². The number of nitrogens with one attached hydrogen (secondary N) is 1. The summed E-state index contributed by atoms with van der Waals surface area (Å²) in [6.07, 6.45) is 45.6. The minimum absolute atomic E-state index is 0.208. The van der Waals surface area contributed by atoms with Crippen molar-refractivity contribution in [1.29, 1.82) is 0 Å². The highest BCUT2D eigenvalue weighted by atomic mass is 16.8. The van der Waals surface area contributed by atoms with Gasteiger partial charge in [0.15, 0.2) is 18.9 Å². The molecule has 3 fully saturated rings. The highest BCUT2D eigenvalue weighted by Gasteiger charge is 2.53. The monoisotopic (exact) mass is 1350 g/mol. The van der Waals surface area contributed by atoms with Crippen molar-refractivity contribution in [1.82, 2.24) is 5.32 Å². The van der Waals surface area contributed by atoms with Gasteiger partial charge in [-0.3, -0.25) is 4.79 Å². The number of hydrogen-bond donors (Lipinski definition) is 12. The number of ether oxygens (including phenoxy) is 6. The zero-order chi connectivity index (χ0) is 68.9. The average molecular weight is 1350 g/mol. The van der Waals surface area contributed by atoms with Gasteiger partial charge < -0.3 is 89.9 Å². The SMILES string of the molecule is CC/C=C\C/C=C\C/C=C\C/C=C\C/C=C\C/C=C\CCCCC(=O)NC(COC1OC(CO)C(OC2OC(CO)C(OC3OC(CO)C(O)C(O)C3O)C(O)C2O)C(O)C1O)C(O)CCCCCCCCCCCCCCCCCCCCCCCCCCCCCCC. The van der Waals surface area contributed by atoms with Gasteiger partial charge in [-0.25, -0.2) is 0 Å². The minimum Gasteiger partial charge on any atom is -0.394 e. The molecule has 95 heavy (non-hydrogen) atoms. The van der Waals surface area contributed by atoms with Crippen molar-refractivity contribution in [3.63, 3.8) is 0 Å². The summed E-state index contributed by atoms with van der Waals surface area (Å²) in [4.78, 5) is 13.4. The summed E-state index contributed by atoms with van der Waals surface area (Å²) in [7, 11) is 0. The van der Waals surface area contributed by atoms with E-state index in [0.29, 0.717) is 19.3 Å². The molecule has 3 aliphatic rings. The number of unbranched alkanes of at least 4 members (excludes halogenated alkanes) is 30. The molecular weight excluding hydrogens is 1210 g/mol. The number of rotatable bonds is 58. The van der Waals surface area contributed by atoms with Crippen molar-refractivity contribution in [2.45, 2.75) is 375 Å². The second kappa shape index (κ2) is 56.9. The van der Waals surface area contributed by atoms with Crippen LogP contribution in [0.1, 0.15) is 271 Å². The predicted molar refractivity (Wildman–Crippen MR) is 374 cm³/mol. The number of carbonyl (C=O) groups is 1. The smallest absolute Gasteiger partial charge is 0.220 e. The fourth-order valence-corrected chi connectivity index (χ4v) is 12.5. The van der Waals surface area contributed by atoms with Crippen LogP contribution in [0.25, 0.3) is 0 Å². The van der Waals surface area contributed by atoms with Crippen molar-refractivity contribution >= 4 is 5.91 Å². The van der Waals surface area contributed by atoms with Crippen LogP contribution >= 0.6 is 0 Å². The van der Waals surface area contributed by atoms with E-state index >= 15 is 0 Å². The molecule has 0 spiro atoms. The van der Waals surface area contributed by atoms with E-state index < -0.39 is 124 Å². The van der Waals surface area contributed by atoms with Gasteiger partial charge in [0.1, 0.15) is 73.2 Å². The lowest BCUT2D eigenvalue weighted by atomic mass is 9.96. The molecule has 17 unspecified atom stereocenters. The first-order chi connectivity index (χ1) is 46.3. The maximum absolute atomic E-state index is 13.4. The average Bonchev–Trinajstić information content (AvgIpc) is 0.787. The summed E-state index contributed by atoms with van der Waals surface area (Å²) in [5.41, 5.74) is 0. The molecule has 0 aromatic carbocycles. The molecule has 0 bridgehead atoms. The summed E-state index contributed by atoms with van der Waals surface area (Å²) in [6.45, 7) is 1.67.